The van der Waals surface area contributed by atoms with Crippen molar-refractivity contribution in [2.75, 3.05) is 39.3 Å². The fourth-order valence-corrected chi connectivity index (χ4v) is 3.41. The second-order valence-corrected chi connectivity index (χ2v) is 7.05. The van der Waals surface area contributed by atoms with Crippen molar-refractivity contribution in [1.82, 2.24) is 20.1 Å². The zero-order valence-electron chi connectivity index (χ0n) is 15.9. The monoisotopic (exact) mass is 356 g/mol. The van der Waals surface area contributed by atoms with Crippen molar-refractivity contribution in [3.63, 3.8) is 0 Å². The number of benzene rings is 1. The Balaban J connectivity index is 1.60. The summed E-state index contributed by atoms with van der Waals surface area (Å²) in [6.07, 6.45) is 0.943. The molecule has 1 aromatic heterocycles. The highest BCUT2D eigenvalue weighted by molar-refractivity contribution is 5.99. The third-order valence-corrected chi connectivity index (χ3v) is 5.15. The Bertz CT molecular complexity index is 803. The Morgan fingerprint density at radius 2 is 1.88 bits per heavy atom. The number of rotatable bonds is 5. The fraction of sp³-hybridized carbons (Fsp3) is 0.500. The Morgan fingerprint density at radius 1 is 1.15 bits per heavy atom. The Morgan fingerprint density at radius 3 is 2.58 bits per heavy atom. The number of amides is 2. The minimum Gasteiger partial charge on any atom is -0.358 e. The summed E-state index contributed by atoms with van der Waals surface area (Å²) < 4.78 is 0. The third-order valence-electron chi connectivity index (χ3n) is 5.15. The van der Waals surface area contributed by atoms with E-state index in [1.54, 1.807) is 0 Å². The van der Waals surface area contributed by atoms with Crippen LogP contribution in [0.4, 0.5) is 0 Å². The molecule has 1 aliphatic rings. The number of aryl methyl sites for hydroxylation is 2. The summed E-state index contributed by atoms with van der Waals surface area (Å²) in [4.78, 5) is 32.0. The molecule has 2 N–H and O–H groups in total. The Labute approximate surface area is 154 Å². The maximum Gasteiger partial charge on any atom is 0.253 e. The maximum atomic E-state index is 12.8. The summed E-state index contributed by atoms with van der Waals surface area (Å²) in [5.41, 5.74) is 4.13. The van der Waals surface area contributed by atoms with Crippen LogP contribution in [0, 0.1) is 13.8 Å². The van der Waals surface area contributed by atoms with E-state index in [4.69, 9.17) is 0 Å². The molecule has 0 unspecified atom stereocenters. The lowest BCUT2D eigenvalue weighted by Gasteiger charge is -2.34. The third kappa shape index (κ3) is 3.90. The Kier molecular flexibility index (Phi) is 5.61. The summed E-state index contributed by atoms with van der Waals surface area (Å²) in [5.74, 6) is 0.135. The number of hydrogen-bond acceptors (Lipinski definition) is 3. The lowest BCUT2D eigenvalue weighted by Crippen LogP contribution is -2.51. The average Bonchev–Trinajstić information content (AvgIpc) is 2.93. The molecule has 2 heterocycles. The largest absolute Gasteiger partial charge is 0.358 e. The molecule has 3 rings (SSSR count). The molecule has 6 heteroatoms. The van der Waals surface area contributed by atoms with Crippen LogP contribution >= 0.6 is 0 Å². The predicted octanol–water partition coefficient (Wildman–Crippen LogP) is 2.07. The topological polar surface area (TPSA) is 68.4 Å². The van der Waals surface area contributed by atoms with Crippen molar-refractivity contribution in [1.29, 1.82) is 0 Å². The van der Waals surface area contributed by atoms with Crippen molar-refractivity contribution in [2.24, 2.45) is 0 Å². The van der Waals surface area contributed by atoms with Gasteiger partial charge < -0.3 is 15.2 Å². The van der Waals surface area contributed by atoms with E-state index in [0.717, 1.165) is 48.2 Å². The van der Waals surface area contributed by atoms with Crippen molar-refractivity contribution in [3.05, 3.63) is 35.0 Å². The SMILES string of the molecule is CCCNC(=O)CN1CCN(C(=O)c2ccc3[nH]c(C)c(C)c3c2)CC1. The van der Waals surface area contributed by atoms with Gasteiger partial charge in [-0.25, -0.2) is 0 Å². The molecule has 26 heavy (non-hydrogen) atoms. The van der Waals surface area contributed by atoms with Crippen molar-refractivity contribution < 1.29 is 9.59 Å². The number of nitrogens with one attached hydrogen (secondary N) is 2. The molecular weight excluding hydrogens is 328 g/mol. The van der Waals surface area contributed by atoms with Crippen LogP contribution in [0.2, 0.25) is 0 Å². The fourth-order valence-electron chi connectivity index (χ4n) is 3.41. The molecule has 0 saturated carbocycles. The van der Waals surface area contributed by atoms with E-state index in [1.165, 1.54) is 5.56 Å². The second kappa shape index (κ2) is 7.91. The van der Waals surface area contributed by atoms with Gasteiger partial charge in [0.15, 0.2) is 0 Å². The molecule has 1 fully saturated rings. The number of carbonyl (C=O) groups is 2. The highest BCUT2D eigenvalue weighted by Crippen LogP contribution is 2.23. The molecule has 1 aliphatic heterocycles. The Hall–Kier alpha value is -2.34. The van der Waals surface area contributed by atoms with Gasteiger partial charge in [-0.05, 0) is 44.0 Å². The standard InChI is InChI=1S/C20H28N4O2/c1-4-7-21-19(25)13-23-8-10-24(11-9-23)20(26)16-5-6-18-17(12-16)14(2)15(3)22-18/h5-6,12,22H,4,7-11,13H2,1-3H3,(H,21,25). The first-order valence-corrected chi connectivity index (χ1v) is 9.37. The number of nitrogens with zero attached hydrogens (tertiary/aromatic N) is 2. The number of aromatic amines is 1. The molecule has 1 saturated heterocycles. The van der Waals surface area contributed by atoms with Gasteiger partial charge in [-0.3, -0.25) is 14.5 Å². The van der Waals surface area contributed by atoms with E-state index in [9.17, 15) is 9.59 Å². The van der Waals surface area contributed by atoms with Gasteiger partial charge in [-0.15, -0.1) is 0 Å². The molecular formula is C20H28N4O2. The smallest absolute Gasteiger partial charge is 0.253 e. The lowest BCUT2D eigenvalue weighted by atomic mass is 10.1. The number of hydrogen-bond donors (Lipinski definition) is 2. The quantitative estimate of drug-likeness (QED) is 0.862. The molecule has 0 aliphatic carbocycles. The minimum absolute atomic E-state index is 0.0652. The first-order chi connectivity index (χ1) is 12.5. The van der Waals surface area contributed by atoms with Crippen molar-refractivity contribution in [3.8, 4) is 0 Å². The number of piperazine rings is 1. The molecule has 0 radical (unpaired) electrons. The maximum absolute atomic E-state index is 12.8. The van der Waals surface area contributed by atoms with Gasteiger partial charge in [0.2, 0.25) is 5.91 Å². The first kappa shape index (κ1) is 18.5. The van der Waals surface area contributed by atoms with Crippen LogP contribution in [0.25, 0.3) is 10.9 Å². The number of H-pyrrole nitrogens is 1. The summed E-state index contributed by atoms with van der Waals surface area (Å²) in [6.45, 7) is 10.1. The van der Waals surface area contributed by atoms with E-state index in [1.807, 2.05) is 36.9 Å². The zero-order chi connectivity index (χ0) is 18.7. The van der Waals surface area contributed by atoms with Crippen LogP contribution in [0.15, 0.2) is 18.2 Å². The average molecular weight is 356 g/mol. The van der Waals surface area contributed by atoms with Crippen LogP contribution in [-0.4, -0.2) is 65.9 Å². The molecule has 0 bridgehead atoms. The normalized spacial score (nSPS) is 15.4. The van der Waals surface area contributed by atoms with E-state index < -0.39 is 0 Å². The summed E-state index contributed by atoms with van der Waals surface area (Å²) in [7, 11) is 0. The van der Waals surface area contributed by atoms with E-state index in [2.05, 4.69) is 22.1 Å². The summed E-state index contributed by atoms with van der Waals surface area (Å²) in [6, 6.07) is 5.86. The molecule has 0 atom stereocenters. The van der Waals surface area contributed by atoms with Crippen LogP contribution in [-0.2, 0) is 4.79 Å². The van der Waals surface area contributed by atoms with Crippen LogP contribution in [0.5, 0.6) is 0 Å². The summed E-state index contributed by atoms with van der Waals surface area (Å²) >= 11 is 0. The number of fused-ring (bicyclic) bond motifs is 1. The highest BCUT2D eigenvalue weighted by atomic mass is 16.2. The molecule has 0 spiro atoms. The van der Waals surface area contributed by atoms with Crippen molar-refractivity contribution >= 4 is 22.7 Å². The zero-order valence-corrected chi connectivity index (χ0v) is 15.9. The minimum atomic E-state index is 0.0652. The molecule has 1 aromatic carbocycles. The van der Waals surface area contributed by atoms with Gasteiger partial charge in [0.1, 0.15) is 0 Å². The van der Waals surface area contributed by atoms with Gasteiger partial charge in [0, 0.05) is 54.9 Å². The molecule has 2 aromatic rings. The van der Waals surface area contributed by atoms with E-state index in [0.29, 0.717) is 19.6 Å². The molecule has 6 nitrogen and oxygen atoms in total. The summed E-state index contributed by atoms with van der Waals surface area (Å²) in [5, 5.41) is 4.01. The first-order valence-electron chi connectivity index (χ1n) is 9.37. The van der Waals surface area contributed by atoms with Gasteiger partial charge in [0.25, 0.3) is 5.91 Å². The van der Waals surface area contributed by atoms with Gasteiger partial charge in [-0.2, -0.15) is 0 Å². The van der Waals surface area contributed by atoms with Gasteiger partial charge in [0.05, 0.1) is 6.54 Å². The van der Waals surface area contributed by atoms with Gasteiger partial charge in [-0.1, -0.05) is 6.92 Å². The number of aromatic nitrogens is 1. The molecule has 2 amide bonds. The van der Waals surface area contributed by atoms with Crippen molar-refractivity contribution in [2.45, 2.75) is 27.2 Å². The highest BCUT2D eigenvalue weighted by Gasteiger charge is 2.23. The predicted molar refractivity (Wildman–Crippen MR) is 103 cm³/mol. The second-order valence-electron chi connectivity index (χ2n) is 7.05. The van der Waals surface area contributed by atoms with Crippen LogP contribution < -0.4 is 5.32 Å². The van der Waals surface area contributed by atoms with E-state index in [-0.39, 0.29) is 11.8 Å². The number of carbonyl (C=O) groups excluding carboxylic acids is 2. The molecule has 140 valence electrons. The van der Waals surface area contributed by atoms with Crippen LogP contribution in [0.1, 0.15) is 35.0 Å². The van der Waals surface area contributed by atoms with E-state index >= 15 is 0 Å². The van der Waals surface area contributed by atoms with Gasteiger partial charge >= 0.3 is 0 Å². The van der Waals surface area contributed by atoms with Crippen LogP contribution in [0.3, 0.4) is 0 Å². The lowest BCUT2D eigenvalue weighted by molar-refractivity contribution is -0.122.